The fourth-order valence-corrected chi connectivity index (χ4v) is 1.14. The first-order valence-corrected chi connectivity index (χ1v) is 3.81. The van der Waals surface area contributed by atoms with Gasteiger partial charge < -0.3 is 20.1 Å². The van der Waals surface area contributed by atoms with Gasteiger partial charge in [0.15, 0.2) is 0 Å². The number of aliphatic hydroxyl groups is 3. The lowest BCUT2D eigenvalue weighted by Gasteiger charge is -2.20. The average molecular weight is 176 g/mol. The normalized spacial score (nSPS) is 28.2. The number of hydrogen-bond acceptors (Lipinski definition) is 5. The van der Waals surface area contributed by atoms with Crippen LogP contribution in [0.1, 0.15) is 12.8 Å². The molecule has 3 N–H and O–H groups in total. The standard InChI is InChI=1S/C7H12O5/c8-3-4(9)7(11)5-1-2-6(10)12-5/h4-5,7-9,11H,1-3H2/t4-,5?,7-/m0/s1. The fourth-order valence-electron chi connectivity index (χ4n) is 1.14. The van der Waals surface area contributed by atoms with Crippen LogP contribution in [-0.2, 0) is 9.53 Å². The van der Waals surface area contributed by atoms with Crippen LogP contribution in [0.5, 0.6) is 0 Å². The first kappa shape index (κ1) is 9.44. The number of carbonyl (C=O) groups excluding carboxylic acids is 1. The Kier molecular flexibility index (Phi) is 3.02. The van der Waals surface area contributed by atoms with E-state index in [1.54, 1.807) is 0 Å². The highest BCUT2D eigenvalue weighted by molar-refractivity contribution is 5.71. The quantitative estimate of drug-likeness (QED) is 0.451. The second-order valence-electron chi connectivity index (χ2n) is 2.81. The number of hydrogen-bond donors (Lipinski definition) is 3. The molecule has 0 radical (unpaired) electrons. The van der Waals surface area contributed by atoms with Crippen molar-refractivity contribution >= 4 is 5.97 Å². The van der Waals surface area contributed by atoms with E-state index in [1.807, 2.05) is 0 Å². The molecule has 0 aromatic heterocycles. The van der Waals surface area contributed by atoms with E-state index in [-0.39, 0.29) is 12.4 Å². The summed E-state index contributed by atoms with van der Waals surface area (Å²) in [6.07, 6.45) is -2.42. The summed E-state index contributed by atoms with van der Waals surface area (Å²) >= 11 is 0. The van der Waals surface area contributed by atoms with Gasteiger partial charge in [0.2, 0.25) is 0 Å². The van der Waals surface area contributed by atoms with Crippen LogP contribution in [0.15, 0.2) is 0 Å². The lowest BCUT2D eigenvalue weighted by atomic mass is 10.1. The maximum absolute atomic E-state index is 10.6. The van der Waals surface area contributed by atoms with Crippen molar-refractivity contribution in [2.75, 3.05) is 6.61 Å². The molecule has 12 heavy (non-hydrogen) atoms. The smallest absolute Gasteiger partial charge is 0.306 e. The number of carbonyl (C=O) groups is 1. The van der Waals surface area contributed by atoms with Crippen molar-refractivity contribution in [3.05, 3.63) is 0 Å². The zero-order valence-corrected chi connectivity index (χ0v) is 6.51. The molecule has 0 aromatic carbocycles. The van der Waals surface area contributed by atoms with Crippen LogP contribution in [0, 0.1) is 0 Å². The molecule has 70 valence electrons. The SMILES string of the molecule is O=C1CCC([C@@H](O)[C@@H](O)CO)O1. The van der Waals surface area contributed by atoms with Crippen molar-refractivity contribution in [2.24, 2.45) is 0 Å². The third-order valence-corrected chi connectivity index (χ3v) is 1.88. The topological polar surface area (TPSA) is 87.0 Å². The highest BCUT2D eigenvalue weighted by Gasteiger charge is 2.33. The Morgan fingerprint density at radius 3 is 2.67 bits per heavy atom. The van der Waals surface area contributed by atoms with Crippen LogP contribution in [0.4, 0.5) is 0 Å². The molecule has 0 spiro atoms. The van der Waals surface area contributed by atoms with Gasteiger partial charge in [0.05, 0.1) is 6.61 Å². The van der Waals surface area contributed by atoms with E-state index in [1.165, 1.54) is 0 Å². The molecule has 0 aromatic rings. The minimum atomic E-state index is -1.24. The molecule has 1 rings (SSSR count). The first-order chi connectivity index (χ1) is 5.65. The van der Waals surface area contributed by atoms with Crippen LogP contribution < -0.4 is 0 Å². The van der Waals surface area contributed by atoms with Gasteiger partial charge in [-0.1, -0.05) is 0 Å². The second kappa shape index (κ2) is 3.84. The van der Waals surface area contributed by atoms with Gasteiger partial charge >= 0.3 is 5.97 Å². The predicted molar refractivity (Wildman–Crippen MR) is 38.2 cm³/mol. The molecule has 0 saturated carbocycles. The Balaban J connectivity index is 2.42. The van der Waals surface area contributed by atoms with E-state index < -0.39 is 24.9 Å². The van der Waals surface area contributed by atoms with Gasteiger partial charge in [0, 0.05) is 6.42 Å². The molecule has 1 aliphatic heterocycles. The van der Waals surface area contributed by atoms with Crippen LogP contribution in [0.2, 0.25) is 0 Å². The van der Waals surface area contributed by atoms with Gasteiger partial charge in [-0.25, -0.2) is 0 Å². The zero-order chi connectivity index (χ0) is 9.14. The number of ether oxygens (including phenoxy) is 1. The van der Waals surface area contributed by atoms with Gasteiger partial charge in [-0.3, -0.25) is 4.79 Å². The third-order valence-electron chi connectivity index (χ3n) is 1.88. The van der Waals surface area contributed by atoms with Gasteiger partial charge in [-0.15, -0.1) is 0 Å². The van der Waals surface area contributed by atoms with Gasteiger partial charge in [0.1, 0.15) is 18.3 Å². The maximum Gasteiger partial charge on any atom is 0.306 e. The Labute approximate surface area is 69.6 Å². The van der Waals surface area contributed by atoms with Crippen molar-refractivity contribution in [2.45, 2.75) is 31.2 Å². The molecule has 0 bridgehead atoms. The van der Waals surface area contributed by atoms with Crippen molar-refractivity contribution in [1.29, 1.82) is 0 Å². The summed E-state index contributed by atoms with van der Waals surface area (Å²) in [5, 5.41) is 26.7. The van der Waals surface area contributed by atoms with Gasteiger partial charge in [0.25, 0.3) is 0 Å². The highest BCUT2D eigenvalue weighted by atomic mass is 16.6. The average Bonchev–Trinajstić information content (AvgIpc) is 2.49. The summed E-state index contributed by atoms with van der Waals surface area (Å²) in [4.78, 5) is 10.6. The fraction of sp³-hybridized carbons (Fsp3) is 0.857. The summed E-state index contributed by atoms with van der Waals surface area (Å²) in [6.45, 7) is -0.533. The third kappa shape index (κ3) is 1.94. The zero-order valence-electron chi connectivity index (χ0n) is 6.51. The second-order valence-corrected chi connectivity index (χ2v) is 2.81. The number of esters is 1. The van der Waals surface area contributed by atoms with Crippen LogP contribution in [0.3, 0.4) is 0 Å². The Morgan fingerprint density at radius 2 is 2.25 bits per heavy atom. The molecular weight excluding hydrogens is 164 g/mol. The number of rotatable bonds is 3. The van der Waals surface area contributed by atoms with Crippen molar-refractivity contribution < 1.29 is 24.9 Å². The van der Waals surface area contributed by atoms with E-state index >= 15 is 0 Å². The molecule has 0 amide bonds. The molecule has 1 fully saturated rings. The van der Waals surface area contributed by atoms with E-state index in [4.69, 9.17) is 10.2 Å². The summed E-state index contributed by atoms with van der Waals surface area (Å²) < 4.78 is 4.69. The Bertz CT molecular complexity index is 169. The van der Waals surface area contributed by atoms with Crippen molar-refractivity contribution in [3.63, 3.8) is 0 Å². The molecule has 0 aliphatic carbocycles. The molecule has 5 nitrogen and oxygen atoms in total. The van der Waals surface area contributed by atoms with Crippen LogP contribution in [0.25, 0.3) is 0 Å². The molecule has 1 aliphatic rings. The molecule has 5 heteroatoms. The van der Waals surface area contributed by atoms with E-state index in [0.29, 0.717) is 6.42 Å². The maximum atomic E-state index is 10.6. The van der Waals surface area contributed by atoms with E-state index in [2.05, 4.69) is 4.74 Å². The van der Waals surface area contributed by atoms with Crippen molar-refractivity contribution in [3.8, 4) is 0 Å². The summed E-state index contributed by atoms with van der Waals surface area (Å²) in [5.41, 5.74) is 0. The Morgan fingerprint density at radius 1 is 1.58 bits per heavy atom. The molecule has 3 atom stereocenters. The van der Waals surface area contributed by atoms with Gasteiger partial charge in [-0.05, 0) is 6.42 Å². The lowest BCUT2D eigenvalue weighted by Crippen LogP contribution is -2.39. The largest absolute Gasteiger partial charge is 0.459 e. The van der Waals surface area contributed by atoms with Crippen LogP contribution >= 0.6 is 0 Å². The van der Waals surface area contributed by atoms with Crippen LogP contribution in [-0.4, -0.2) is 46.2 Å². The van der Waals surface area contributed by atoms with Gasteiger partial charge in [-0.2, -0.15) is 0 Å². The molecule has 1 unspecified atom stereocenters. The monoisotopic (exact) mass is 176 g/mol. The minimum Gasteiger partial charge on any atom is -0.459 e. The van der Waals surface area contributed by atoms with Crippen molar-refractivity contribution in [1.82, 2.24) is 0 Å². The summed E-state index contributed by atoms with van der Waals surface area (Å²) in [6, 6.07) is 0. The number of aliphatic hydroxyl groups excluding tert-OH is 3. The summed E-state index contributed by atoms with van der Waals surface area (Å²) in [7, 11) is 0. The minimum absolute atomic E-state index is 0.264. The lowest BCUT2D eigenvalue weighted by molar-refractivity contribution is -0.149. The molecular formula is C7H12O5. The molecule has 1 saturated heterocycles. The molecule has 1 heterocycles. The Hall–Kier alpha value is -0.650. The number of cyclic esters (lactones) is 1. The highest BCUT2D eigenvalue weighted by Crippen LogP contribution is 2.18. The van der Waals surface area contributed by atoms with E-state index in [0.717, 1.165) is 0 Å². The predicted octanol–water partition coefficient (Wildman–Crippen LogP) is -1.59. The summed E-state index contributed by atoms with van der Waals surface area (Å²) in [5.74, 6) is -0.371. The first-order valence-electron chi connectivity index (χ1n) is 3.81. The van der Waals surface area contributed by atoms with E-state index in [9.17, 15) is 9.90 Å².